The Kier molecular flexibility index (Phi) is 7.83. The topological polar surface area (TPSA) is 95.5 Å². The number of esters is 1. The summed E-state index contributed by atoms with van der Waals surface area (Å²) in [6, 6.07) is 11.8. The maximum Gasteiger partial charge on any atom is 0.339 e. The monoisotopic (exact) mass is 386 g/mol. The van der Waals surface area contributed by atoms with E-state index in [1.165, 1.54) is 13.3 Å². The summed E-state index contributed by atoms with van der Waals surface area (Å²) in [5.74, 6) is 0.201. The quantitative estimate of drug-likeness (QED) is 0.404. The number of nitrogens with zero attached hydrogens (tertiary/aromatic N) is 1. The third kappa shape index (κ3) is 5.73. The van der Waals surface area contributed by atoms with Gasteiger partial charge in [0.25, 0.3) is 5.91 Å². The normalized spacial score (nSPS) is 10.4. The third-order valence-electron chi connectivity index (χ3n) is 3.57. The maximum absolute atomic E-state index is 12.0. The molecule has 2 aromatic carbocycles. The first-order valence-corrected chi connectivity index (χ1v) is 8.52. The van der Waals surface area contributed by atoms with E-state index in [4.69, 9.17) is 14.3 Å². The predicted molar refractivity (Wildman–Crippen MR) is 104 cm³/mol. The van der Waals surface area contributed by atoms with Gasteiger partial charge in [-0.3, -0.25) is 4.79 Å². The van der Waals surface area contributed by atoms with Crippen molar-refractivity contribution in [2.45, 2.75) is 6.92 Å². The summed E-state index contributed by atoms with van der Waals surface area (Å²) in [6.07, 6.45) is 1.45. The van der Waals surface area contributed by atoms with Gasteiger partial charge in [0.2, 0.25) is 0 Å². The lowest BCUT2D eigenvalue weighted by Gasteiger charge is -2.09. The van der Waals surface area contributed by atoms with E-state index in [2.05, 4.69) is 15.2 Å². The molecule has 0 radical (unpaired) electrons. The van der Waals surface area contributed by atoms with Crippen LogP contribution in [0.25, 0.3) is 0 Å². The van der Waals surface area contributed by atoms with Gasteiger partial charge in [-0.05, 0) is 37.3 Å². The first-order valence-electron chi connectivity index (χ1n) is 8.52. The zero-order valence-corrected chi connectivity index (χ0v) is 15.9. The van der Waals surface area contributed by atoms with Crippen LogP contribution in [-0.2, 0) is 14.4 Å². The van der Waals surface area contributed by atoms with Crippen LogP contribution in [0.15, 0.2) is 47.6 Å². The molecule has 0 fully saturated rings. The molecule has 0 aromatic heterocycles. The second kappa shape index (κ2) is 10.6. The molecule has 0 saturated carbocycles. The summed E-state index contributed by atoms with van der Waals surface area (Å²) >= 11 is 0. The van der Waals surface area contributed by atoms with E-state index < -0.39 is 11.9 Å². The summed E-state index contributed by atoms with van der Waals surface area (Å²) in [6.45, 7) is 2.10. The fraction of sp³-hybridized carbons (Fsp3) is 0.250. The molecule has 2 aromatic rings. The zero-order chi connectivity index (χ0) is 20.4. The molecule has 0 saturated heterocycles. The van der Waals surface area contributed by atoms with Crippen LogP contribution in [0.2, 0.25) is 0 Å². The highest BCUT2D eigenvalue weighted by atomic mass is 16.6. The lowest BCUT2D eigenvalue weighted by Crippen LogP contribution is -2.19. The molecule has 8 nitrogen and oxygen atoms in total. The van der Waals surface area contributed by atoms with E-state index >= 15 is 0 Å². The number of para-hydroxylation sites is 1. The number of amides is 1. The molecule has 2 rings (SSSR count). The second-order valence-electron chi connectivity index (χ2n) is 5.44. The molecule has 0 heterocycles. The Bertz CT molecular complexity index is 850. The first-order chi connectivity index (χ1) is 13.6. The number of benzene rings is 2. The molecule has 1 amide bonds. The molecule has 0 unspecified atom stereocenters. The van der Waals surface area contributed by atoms with Crippen molar-refractivity contribution in [3.05, 3.63) is 53.6 Å². The van der Waals surface area contributed by atoms with Gasteiger partial charge in [0, 0.05) is 5.56 Å². The largest absolute Gasteiger partial charge is 0.493 e. The Hall–Kier alpha value is -3.55. The van der Waals surface area contributed by atoms with Crippen LogP contribution >= 0.6 is 0 Å². The fourth-order valence-electron chi connectivity index (χ4n) is 2.30. The van der Waals surface area contributed by atoms with E-state index in [9.17, 15) is 9.59 Å². The van der Waals surface area contributed by atoms with Gasteiger partial charge in [0.15, 0.2) is 18.1 Å². The van der Waals surface area contributed by atoms with Crippen molar-refractivity contribution in [3.8, 4) is 11.5 Å². The summed E-state index contributed by atoms with van der Waals surface area (Å²) in [5, 5.41) is 6.36. The number of anilines is 1. The van der Waals surface area contributed by atoms with Gasteiger partial charge in [-0.1, -0.05) is 17.3 Å². The molecule has 148 valence electrons. The molecule has 1 N–H and O–H groups in total. The van der Waals surface area contributed by atoms with E-state index in [1.807, 2.05) is 6.92 Å². The number of rotatable bonds is 9. The van der Waals surface area contributed by atoms with Crippen LogP contribution in [0.4, 0.5) is 5.69 Å². The van der Waals surface area contributed by atoms with Gasteiger partial charge in [0.1, 0.15) is 0 Å². The van der Waals surface area contributed by atoms with Crippen LogP contribution in [0.3, 0.4) is 0 Å². The number of nitrogens with one attached hydrogen (secondary N) is 1. The van der Waals surface area contributed by atoms with E-state index in [0.717, 1.165) is 5.56 Å². The van der Waals surface area contributed by atoms with Gasteiger partial charge in [0.05, 0.1) is 38.3 Å². The number of hydrogen-bond donors (Lipinski definition) is 1. The SMILES string of the molecule is CCOc1ccc(/C=N\OCC(=O)Nc2ccccc2C(=O)OC)cc1OC. The van der Waals surface area contributed by atoms with Crippen molar-refractivity contribution in [1.29, 1.82) is 0 Å². The fourth-order valence-corrected chi connectivity index (χ4v) is 2.30. The average Bonchev–Trinajstić information content (AvgIpc) is 2.72. The van der Waals surface area contributed by atoms with Gasteiger partial charge < -0.3 is 24.4 Å². The molecular formula is C20H22N2O6. The zero-order valence-electron chi connectivity index (χ0n) is 15.9. The lowest BCUT2D eigenvalue weighted by molar-refractivity contribution is -0.120. The Morgan fingerprint density at radius 1 is 1.11 bits per heavy atom. The van der Waals surface area contributed by atoms with Crippen LogP contribution in [0.1, 0.15) is 22.8 Å². The Balaban J connectivity index is 1.91. The van der Waals surface area contributed by atoms with Crippen molar-refractivity contribution in [1.82, 2.24) is 0 Å². The van der Waals surface area contributed by atoms with Crippen molar-refractivity contribution >= 4 is 23.8 Å². The highest BCUT2D eigenvalue weighted by Crippen LogP contribution is 2.27. The summed E-state index contributed by atoms with van der Waals surface area (Å²) < 4.78 is 15.4. The molecule has 0 aliphatic carbocycles. The van der Waals surface area contributed by atoms with Crippen molar-refractivity contribution in [3.63, 3.8) is 0 Å². The summed E-state index contributed by atoms with van der Waals surface area (Å²) in [5.41, 5.74) is 1.31. The van der Waals surface area contributed by atoms with Crippen LogP contribution in [0, 0.1) is 0 Å². The molecule has 0 aliphatic rings. The molecule has 0 atom stereocenters. The summed E-state index contributed by atoms with van der Waals surface area (Å²) in [7, 11) is 2.82. The minimum absolute atomic E-state index is 0.253. The van der Waals surface area contributed by atoms with Gasteiger partial charge in [-0.25, -0.2) is 4.79 Å². The second-order valence-corrected chi connectivity index (χ2v) is 5.44. The van der Waals surface area contributed by atoms with E-state index in [0.29, 0.717) is 23.8 Å². The number of ether oxygens (including phenoxy) is 3. The lowest BCUT2D eigenvalue weighted by atomic mass is 10.2. The van der Waals surface area contributed by atoms with Crippen LogP contribution < -0.4 is 14.8 Å². The van der Waals surface area contributed by atoms with Gasteiger partial charge in [-0.15, -0.1) is 0 Å². The number of methoxy groups -OCH3 is 2. The highest BCUT2D eigenvalue weighted by Gasteiger charge is 2.13. The van der Waals surface area contributed by atoms with Crippen LogP contribution in [0.5, 0.6) is 11.5 Å². The first kappa shape index (κ1) is 20.8. The number of carbonyl (C=O) groups is 2. The number of oxime groups is 1. The molecule has 0 spiro atoms. The van der Waals surface area contributed by atoms with Crippen molar-refractivity contribution in [2.75, 3.05) is 32.8 Å². The maximum atomic E-state index is 12.0. The Labute approximate surface area is 163 Å². The Morgan fingerprint density at radius 2 is 1.89 bits per heavy atom. The summed E-state index contributed by atoms with van der Waals surface area (Å²) in [4.78, 5) is 28.7. The van der Waals surface area contributed by atoms with Crippen molar-refractivity contribution in [2.24, 2.45) is 5.16 Å². The van der Waals surface area contributed by atoms with E-state index in [1.54, 1.807) is 49.6 Å². The molecule has 8 heteroatoms. The van der Waals surface area contributed by atoms with Crippen molar-refractivity contribution < 1.29 is 28.6 Å². The highest BCUT2D eigenvalue weighted by molar-refractivity contribution is 6.01. The molecule has 0 bridgehead atoms. The standard InChI is InChI=1S/C20H22N2O6/c1-4-27-17-10-9-14(11-18(17)25-2)12-21-28-13-19(23)22-16-8-6-5-7-15(16)20(24)26-3/h5-12H,4,13H2,1-3H3,(H,22,23)/b21-12-. The van der Waals surface area contributed by atoms with Gasteiger partial charge in [-0.2, -0.15) is 0 Å². The molecular weight excluding hydrogens is 364 g/mol. The third-order valence-corrected chi connectivity index (χ3v) is 3.57. The number of carbonyl (C=O) groups excluding carboxylic acids is 2. The average molecular weight is 386 g/mol. The van der Waals surface area contributed by atoms with Gasteiger partial charge >= 0.3 is 5.97 Å². The van der Waals surface area contributed by atoms with Crippen LogP contribution in [-0.4, -0.2) is 45.5 Å². The minimum Gasteiger partial charge on any atom is -0.493 e. The van der Waals surface area contributed by atoms with E-state index in [-0.39, 0.29) is 12.2 Å². The molecule has 0 aliphatic heterocycles. The number of hydrogen-bond acceptors (Lipinski definition) is 7. The smallest absolute Gasteiger partial charge is 0.339 e. The molecule has 28 heavy (non-hydrogen) atoms. The minimum atomic E-state index is -0.542. The predicted octanol–water partition coefficient (Wildman–Crippen LogP) is 2.87. The Morgan fingerprint density at radius 3 is 2.61 bits per heavy atom.